The molecule has 0 radical (unpaired) electrons. The maximum atomic E-state index is 4.50. The molecule has 0 saturated heterocycles. The minimum atomic E-state index is 0.530. The monoisotopic (exact) mass is 325 g/mol. The molecule has 7 nitrogen and oxygen atoms in total. The van der Waals surface area contributed by atoms with Crippen LogP contribution >= 0.6 is 0 Å². The molecule has 1 aromatic heterocycles. The van der Waals surface area contributed by atoms with Gasteiger partial charge in [0, 0.05) is 18.1 Å². The summed E-state index contributed by atoms with van der Waals surface area (Å²) in [6, 6.07) is 2.02. The number of hydrogen-bond donors (Lipinski definition) is 1. The van der Waals surface area contributed by atoms with E-state index in [0.29, 0.717) is 5.92 Å². The third-order valence-corrected chi connectivity index (χ3v) is 4.31. The van der Waals surface area contributed by atoms with Crippen molar-refractivity contribution in [3.8, 4) is 11.4 Å². The average Bonchev–Trinajstić information content (AvgIpc) is 3.18. The number of nitrogens with one attached hydrogen (secondary N) is 1. The van der Waals surface area contributed by atoms with Crippen LogP contribution in [0.2, 0.25) is 0 Å². The summed E-state index contributed by atoms with van der Waals surface area (Å²) in [5.41, 5.74) is 6.41. The van der Waals surface area contributed by atoms with Crippen molar-refractivity contribution in [2.45, 2.75) is 33.6 Å². The molecular weight excluding hydrogens is 302 g/mol. The van der Waals surface area contributed by atoms with E-state index in [0.717, 1.165) is 54.0 Å². The Morgan fingerprint density at radius 2 is 2.04 bits per heavy atom. The van der Waals surface area contributed by atoms with E-state index in [1.54, 1.807) is 6.33 Å². The van der Waals surface area contributed by atoms with Gasteiger partial charge in [0.2, 0.25) is 0 Å². The van der Waals surface area contributed by atoms with Crippen molar-refractivity contribution in [3.63, 3.8) is 0 Å². The van der Waals surface area contributed by atoms with Gasteiger partial charge < -0.3 is 0 Å². The van der Waals surface area contributed by atoms with Gasteiger partial charge in [-0.2, -0.15) is 0 Å². The average molecular weight is 325 g/mol. The lowest BCUT2D eigenvalue weighted by atomic mass is 10.1. The number of unbranched alkanes of at least 4 members (excludes halogenated alkanes) is 1. The first-order valence-corrected chi connectivity index (χ1v) is 8.61. The van der Waals surface area contributed by atoms with Gasteiger partial charge in [-0.05, 0) is 18.4 Å². The number of rotatable bonds is 5. The molecule has 0 bridgehead atoms. The van der Waals surface area contributed by atoms with Gasteiger partial charge in [0.15, 0.2) is 5.82 Å². The van der Waals surface area contributed by atoms with Crippen LogP contribution in [0.25, 0.3) is 22.3 Å². The van der Waals surface area contributed by atoms with Crippen LogP contribution in [0.1, 0.15) is 33.6 Å². The first-order chi connectivity index (χ1) is 11.7. The van der Waals surface area contributed by atoms with E-state index in [4.69, 9.17) is 0 Å². The molecule has 0 aliphatic carbocycles. The Morgan fingerprint density at radius 1 is 1.21 bits per heavy atom. The molecule has 0 aromatic carbocycles. The van der Waals surface area contributed by atoms with E-state index >= 15 is 0 Å². The molecule has 4 heterocycles. The van der Waals surface area contributed by atoms with Crippen molar-refractivity contribution >= 4 is 16.7 Å². The fourth-order valence-corrected chi connectivity index (χ4v) is 3.23. The van der Waals surface area contributed by atoms with Crippen LogP contribution in [0, 0.1) is 5.92 Å². The fraction of sp³-hybridized carbons (Fsp3) is 0.471. The lowest BCUT2D eigenvalue weighted by molar-refractivity contribution is 0.252. The zero-order valence-electron chi connectivity index (χ0n) is 14.4. The number of imidazole rings is 1. The summed E-state index contributed by atoms with van der Waals surface area (Å²) >= 11 is 0. The van der Waals surface area contributed by atoms with Crippen molar-refractivity contribution in [1.82, 2.24) is 24.7 Å². The number of pyridine rings is 2. The molecule has 1 aromatic rings. The van der Waals surface area contributed by atoms with Crippen LogP contribution in [0.5, 0.6) is 0 Å². The van der Waals surface area contributed by atoms with Crippen molar-refractivity contribution < 1.29 is 0 Å². The number of anilines is 1. The molecule has 0 spiro atoms. The highest BCUT2D eigenvalue weighted by Gasteiger charge is 2.33. The number of hydrazine groups is 2. The highest BCUT2D eigenvalue weighted by atomic mass is 16.0. The van der Waals surface area contributed by atoms with Crippen LogP contribution in [0.15, 0.2) is 24.8 Å². The summed E-state index contributed by atoms with van der Waals surface area (Å²) in [5, 5.41) is 5.54. The Bertz CT molecular complexity index is 825. The van der Waals surface area contributed by atoms with E-state index in [1.807, 2.05) is 18.5 Å². The predicted molar refractivity (Wildman–Crippen MR) is 95.1 cm³/mol. The fourth-order valence-electron chi connectivity index (χ4n) is 3.23. The molecule has 1 N–H and O–H groups in total. The first kappa shape index (κ1) is 15.1. The van der Waals surface area contributed by atoms with Gasteiger partial charge in [-0.1, -0.05) is 27.2 Å². The minimum absolute atomic E-state index is 0.530. The molecule has 0 unspecified atom stereocenters. The predicted octanol–water partition coefficient (Wildman–Crippen LogP) is 2.88. The van der Waals surface area contributed by atoms with Crippen LogP contribution < -0.4 is 10.5 Å². The Hall–Kier alpha value is -2.41. The zero-order chi connectivity index (χ0) is 16.7. The van der Waals surface area contributed by atoms with Crippen molar-refractivity contribution in [1.29, 1.82) is 0 Å². The molecule has 3 aliphatic heterocycles. The zero-order valence-corrected chi connectivity index (χ0v) is 14.4. The van der Waals surface area contributed by atoms with E-state index in [9.17, 15) is 0 Å². The van der Waals surface area contributed by atoms with E-state index in [-0.39, 0.29) is 0 Å². The second kappa shape index (κ2) is 5.90. The minimum Gasteiger partial charge on any atom is -0.282 e. The Kier molecular flexibility index (Phi) is 3.72. The molecule has 3 aliphatic rings. The third-order valence-electron chi connectivity index (χ3n) is 4.31. The summed E-state index contributed by atoms with van der Waals surface area (Å²) in [7, 11) is 0. The number of hydrogen-bond acceptors (Lipinski definition) is 6. The molecule has 0 amide bonds. The molecular formula is C17H23N7. The first-order valence-electron chi connectivity index (χ1n) is 8.61. The standard InChI is InChI=1S/C17H23N7/c1-4-5-8-22-21-17-16-15(19-11-20-16)13-6-7-18-9-14(13)24(17)23(22)10-12(2)3/h6-7,9,11-12,21H,4-5,8,10H2,1-3H3. The normalized spacial score (nSPS) is 14.8. The molecule has 7 heteroatoms. The number of nitrogens with zero attached hydrogens (tertiary/aromatic N) is 6. The summed E-state index contributed by atoms with van der Waals surface area (Å²) in [6.07, 6.45) is 7.64. The van der Waals surface area contributed by atoms with Gasteiger partial charge in [-0.25, -0.2) is 19.8 Å². The van der Waals surface area contributed by atoms with Crippen molar-refractivity contribution in [3.05, 3.63) is 24.8 Å². The molecule has 24 heavy (non-hydrogen) atoms. The summed E-state index contributed by atoms with van der Waals surface area (Å²) in [5.74, 6) is 1.50. The van der Waals surface area contributed by atoms with Gasteiger partial charge in [0.1, 0.15) is 17.7 Å². The quantitative estimate of drug-likeness (QED) is 0.778. The lowest BCUT2D eigenvalue weighted by Crippen LogP contribution is -2.48. The summed E-state index contributed by atoms with van der Waals surface area (Å²) in [6.45, 7) is 8.54. The van der Waals surface area contributed by atoms with Crippen molar-refractivity contribution in [2.24, 2.45) is 5.92 Å². The smallest absolute Gasteiger partial charge is 0.171 e. The lowest BCUT2D eigenvalue weighted by Gasteiger charge is -2.31. The van der Waals surface area contributed by atoms with Crippen LogP contribution in [0.4, 0.5) is 5.82 Å². The highest BCUT2D eigenvalue weighted by molar-refractivity contribution is 5.97. The second-order valence-electron chi connectivity index (χ2n) is 6.66. The van der Waals surface area contributed by atoms with Gasteiger partial charge in [0.25, 0.3) is 0 Å². The van der Waals surface area contributed by atoms with Crippen LogP contribution in [-0.4, -0.2) is 37.8 Å². The topological polar surface area (TPSA) is 62.1 Å². The molecule has 0 fully saturated rings. The van der Waals surface area contributed by atoms with Crippen LogP contribution in [-0.2, 0) is 0 Å². The highest BCUT2D eigenvalue weighted by Crippen LogP contribution is 2.38. The molecule has 4 rings (SSSR count). The Balaban J connectivity index is 1.92. The largest absolute Gasteiger partial charge is 0.282 e. The van der Waals surface area contributed by atoms with Crippen LogP contribution in [0.3, 0.4) is 0 Å². The van der Waals surface area contributed by atoms with E-state index < -0.39 is 0 Å². The Labute approximate surface area is 141 Å². The maximum Gasteiger partial charge on any atom is 0.171 e. The van der Waals surface area contributed by atoms with Gasteiger partial charge in [-0.15, -0.1) is 5.12 Å². The number of fused-ring (bicyclic) bond motifs is 6. The third kappa shape index (κ3) is 2.27. The molecule has 126 valence electrons. The van der Waals surface area contributed by atoms with Gasteiger partial charge in [-0.3, -0.25) is 10.4 Å². The van der Waals surface area contributed by atoms with E-state index in [1.165, 1.54) is 0 Å². The van der Waals surface area contributed by atoms with Gasteiger partial charge >= 0.3 is 0 Å². The maximum absolute atomic E-state index is 4.50. The molecule has 0 saturated carbocycles. The molecule has 0 atom stereocenters. The summed E-state index contributed by atoms with van der Waals surface area (Å²) in [4.78, 5) is 13.3. The van der Waals surface area contributed by atoms with E-state index in [2.05, 4.69) is 56.1 Å². The van der Waals surface area contributed by atoms with Gasteiger partial charge in [0.05, 0.1) is 18.3 Å². The SMILES string of the molecule is CCCCN1Nc2c3ncnc-3c3ccncc3n2N1CC(C)C. The number of aromatic nitrogens is 4. The summed E-state index contributed by atoms with van der Waals surface area (Å²) < 4.78 is 2.20. The van der Waals surface area contributed by atoms with Crippen molar-refractivity contribution in [2.75, 3.05) is 23.6 Å². The second-order valence-corrected chi connectivity index (χ2v) is 6.66. The Morgan fingerprint density at radius 3 is 2.83 bits per heavy atom.